The Balaban J connectivity index is 1.55. The van der Waals surface area contributed by atoms with Crippen LogP contribution in [0.25, 0.3) is 0 Å². The fourth-order valence-electron chi connectivity index (χ4n) is 4.60. The van der Waals surface area contributed by atoms with Crippen LogP contribution in [0.2, 0.25) is 5.02 Å². The Morgan fingerprint density at radius 1 is 1.07 bits per heavy atom. The van der Waals surface area contributed by atoms with Gasteiger partial charge < -0.3 is 20.5 Å². The van der Waals surface area contributed by atoms with Gasteiger partial charge in [-0.2, -0.15) is 18.3 Å². The average Bonchev–Trinajstić information content (AvgIpc) is 3.57. The van der Waals surface area contributed by atoms with Gasteiger partial charge >= 0.3 is 6.18 Å². The van der Waals surface area contributed by atoms with Gasteiger partial charge in [0.2, 0.25) is 5.91 Å². The highest BCUT2D eigenvalue weighted by Gasteiger charge is 2.35. The minimum atomic E-state index is -4.92. The third-order valence-electron chi connectivity index (χ3n) is 6.44. The number of hydrogen-bond acceptors (Lipinski definition) is 4. The molecule has 2 aromatic heterocycles. The standard InChI is InChI=1S/C27H20ClF5N6O3/c28-19-3-2-16(29)11-18(19)23-24-20(36-25(41)14-8-15(27(31,32)33)10-17(30)9-14)12-21(39(24)13-22(40)37-23)26(42)34-5-7-38-6-1-4-35-38/h1-4,6,8-12,23H,5,7,13H2,(H,34,42)(H,36,41)(H,37,40). The second-order valence-corrected chi connectivity index (χ2v) is 9.69. The molecule has 1 aliphatic heterocycles. The molecule has 3 N–H and O–H groups in total. The second kappa shape index (κ2) is 11.3. The maximum absolute atomic E-state index is 14.2. The summed E-state index contributed by atoms with van der Waals surface area (Å²) >= 11 is 6.31. The van der Waals surface area contributed by atoms with Crippen LogP contribution >= 0.6 is 11.6 Å². The molecule has 0 fully saturated rings. The minimum absolute atomic E-state index is 0.0544. The van der Waals surface area contributed by atoms with Crippen LogP contribution in [-0.2, 0) is 24.1 Å². The molecule has 0 aliphatic carbocycles. The van der Waals surface area contributed by atoms with E-state index in [0.29, 0.717) is 18.7 Å². The number of fused-ring (bicyclic) bond motifs is 1. The van der Waals surface area contributed by atoms with E-state index >= 15 is 0 Å². The first-order valence-corrected chi connectivity index (χ1v) is 12.7. The maximum Gasteiger partial charge on any atom is 0.416 e. The van der Waals surface area contributed by atoms with Crippen molar-refractivity contribution in [2.45, 2.75) is 25.3 Å². The molecule has 0 saturated carbocycles. The van der Waals surface area contributed by atoms with Crippen molar-refractivity contribution >= 4 is 35.0 Å². The van der Waals surface area contributed by atoms with E-state index < -0.39 is 52.7 Å². The van der Waals surface area contributed by atoms with Gasteiger partial charge in [0.1, 0.15) is 23.9 Å². The van der Waals surface area contributed by atoms with Crippen LogP contribution in [0.3, 0.4) is 0 Å². The van der Waals surface area contributed by atoms with Crippen LogP contribution in [0, 0.1) is 11.6 Å². The lowest BCUT2D eigenvalue weighted by Gasteiger charge is -2.29. The van der Waals surface area contributed by atoms with Crippen LogP contribution in [0.15, 0.2) is 60.9 Å². The Morgan fingerprint density at radius 3 is 2.57 bits per heavy atom. The Bertz CT molecular complexity index is 1690. The monoisotopic (exact) mass is 606 g/mol. The van der Waals surface area contributed by atoms with Crippen molar-refractivity contribution in [2.24, 2.45) is 0 Å². The highest BCUT2D eigenvalue weighted by atomic mass is 35.5. The van der Waals surface area contributed by atoms with Gasteiger partial charge in [0.05, 0.1) is 29.5 Å². The van der Waals surface area contributed by atoms with Crippen molar-refractivity contribution in [1.82, 2.24) is 25.0 Å². The number of nitrogens with zero attached hydrogens (tertiary/aromatic N) is 3. The molecule has 9 nitrogen and oxygen atoms in total. The number of carbonyl (C=O) groups is 3. The SMILES string of the molecule is O=C1Cn2c(C(=O)NCCn3cccn3)cc(NC(=O)c3cc(F)cc(C(F)(F)F)c3)c2C(c2cc(F)ccc2Cl)N1. The molecule has 1 atom stereocenters. The molecule has 1 aliphatic rings. The Morgan fingerprint density at radius 2 is 1.86 bits per heavy atom. The number of carbonyl (C=O) groups excluding carboxylic acids is 3. The number of benzene rings is 2. The summed E-state index contributed by atoms with van der Waals surface area (Å²) in [5, 5.41) is 11.8. The van der Waals surface area contributed by atoms with E-state index in [1.807, 2.05) is 0 Å². The molecule has 0 bridgehead atoms. The van der Waals surface area contributed by atoms with Gasteiger partial charge in [-0.3, -0.25) is 19.1 Å². The molecule has 4 aromatic rings. The molecule has 0 radical (unpaired) electrons. The summed E-state index contributed by atoms with van der Waals surface area (Å²) in [5.41, 5.74) is -2.01. The quantitative estimate of drug-likeness (QED) is 0.269. The highest BCUT2D eigenvalue weighted by Crippen LogP contribution is 2.38. The molecular formula is C27H20ClF5N6O3. The molecule has 5 rings (SSSR count). The number of alkyl halides is 3. The molecule has 15 heteroatoms. The van der Waals surface area contributed by atoms with Crippen molar-refractivity contribution in [3.63, 3.8) is 0 Å². The van der Waals surface area contributed by atoms with Crippen LogP contribution < -0.4 is 16.0 Å². The van der Waals surface area contributed by atoms with Gasteiger partial charge in [-0.05, 0) is 48.5 Å². The normalized spacial score (nSPS) is 14.7. The first kappa shape index (κ1) is 28.8. The van der Waals surface area contributed by atoms with E-state index in [-0.39, 0.29) is 46.8 Å². The van der Waals surface area contributed by atoms with Gasteiger partial charge in [0.25, 0.3) is 11.8 Å². The number of halogens is 6. The van der Waals surface area contributed by atoms with E-state index in [9.17, 15) is 36.3 Å². The van der Waals surface area contributed by atoms with Crippen LogP contribution in [-0.4, -0.2) is 38.6 Å². The zero-order valence-electron chi connectivity index (χ0n) is 21.3. The third-order valence-corrected chi connectivity index (χ3v) is 6.79. The number of rotatable bonds is 7. The minimum Gasteiger partial charge on any atom is -0.349 e. The first-order chi connectivity index (χ1) is 19.9. The van der Waals surface area contributed by atoms with Gasteiger partial charge in [-0.15, -0.1) is 0 Å². The zero-order chi connectivity index (χ0) is 30.2. The van der Waals surface area contributed by atoms with Crippen molar-refractivity contribution in [3.8, 4) is 0 Å². The summed E-state index contributed by atoms with van der Waals surface area (Å²) in [6.45, 7) is 0.0747. The van der Waals surface area contributed by atoms with Gasteiger partial charge in [0, 0.05) is 35.1 Å². The van der Waals surface area contributed by atoms with Gasteiger partial charge in [0.15, 0.2) is 0 Å². The lowest BCUT2D eigenvalue weighted by Crippen LogP contribution is -2.41. The largest absolute Gasteiger partial charge is 0.416 e. The van der Waals surface area contributed by atoms with Crippen molar-refractivity contribution in [3.05, 3.63) is 106 Å². The van der Waals surface area contributed by atoms with Crippen molar-refractivity contribution in [1.29, 1.82) is 0 Å². The smallest absolute Gasteiger partial charge is 0.349 e. The molecule has 2 aromatic carbocycles. The number of amides is 3. The van der Waals surface area contributed by atoms with Gasteiger partial charge in [-0.25, -0.2) is 8.78 Å². The summed E-state index contributed by atoms with van der Waals surface area (Å²) in [7, 11) is 0. The molecule has 3 heterocycles. The predicted octanol–water partition coefficient (Wildman–Crippen LogP) is 4.54. The summed E-state index contributed by atoms with van der Waals surface area (Å²) in [6.07, 6.45) is -1.67. The molecule has 0 saturated heterocycles. The summed E-state index contributed by atoms with van der Waals surface area (Å²) in [4.78, 5) is 39.0. The average molecular weight is 607 g/mol. The lowest BCUT2D eigenvalue weighted by molar-refractivity contribution is -0.137. The first-order valence-electron chi connectivity index (χ1n) is 12.3. The Kier molecular flexibility index (Phi) is 7.73. The highest BCUT2D eigenvalue weighted by molar-refractivity contribution is 6.31. The van der Waals surface area contributed by atoms with Gasteiger partial charge in [-0.1, -0.05) is 11.6 Å². The Labute approximate surface area is 239 Å². The number of nitrogens with one attached hydrogen (secondary N) is 3. The summed E-state index contributed by atoms with van der Waals surface area (Å²) in [6, 6.07) is 6.52. The van der Waals surface area contributed by atoms with Crippen LogP contribution in [0.4, 0.5) is 27.6 Å². The third kappa shape index (κ3) is 5.98. The molecule has 3 amide bonds. The molecule has 1 unspecified atom stereocenters. The van der Waals surface area contributed by atoms with E-state index in [0.717, 1.165) is 12.1 Å². The number of anilines is 1. The van der Waals surface area contributed by atoms with Crippen molar-refractivity contribution in [2.75, 3.05) is 11.9 Å². The Hall–Kier alpha value is -4.72. The summed E-state index contributed by atoms with van der Waals surface area (Å²) < 4.78 is 70.9. The van der Waals surface area contributed by atoms with E-state index in [1.54, 1.807) is 23.1 Å². The van der Waals surface area contributed by atoms with E-state index in [1.165, 1.54) is 16.7 Å². The fraction of sp³-hybridized carbons (Fsp3) is 0.185. The molecule has 218 valence electrons. The van der Waals surface area contributed by atoms with E-state index in [2.05, 4.69) is 21.0 Å². The van der Waals surface area contributed by atoms with E-state index in [4.69, 9.17) is 11.6 Å². The summed E-state index contributed by atoms with van der Waals surface area (Å²) in [5.74, 6) is -4.31. The van der Waals surface area contributed by atoms with Crippen LogP contribution in [0.5, 0.6) is 0 Å². The second-order valence-electron chi connectivity index (χ2n) is 9.29. The zero-order valence-corrected chi connectivity index (χ0v) is 22.1. The molecular weight excluding hydrogens is 587 g/mol. The topological polar surface area (TPSA) is 110 Å². The number of hydrogen-bond donors (Lipinski definition) is 3. The maximum atomic E-state index is 14.2. The number of aromatic nitrogens is 3. The fourth-order valence-corrected chi connectivity index (χ4v) is 4.83. The molecule has 42 heavy (non-hydrogen) atoms. The van der Waals surface area contributed by atoms with Crippen LogP contribution in [0.1, 0.15) is 43.7 Å². The lowest BCUT2D eigenvalue weighted by atomic mass is 10.0. The van der Waals surface area contributed by atoms with Crippen molar-refractivity contribution < 1.29 is 36.3 Å². The predicted molar refractivity (Wildman–Crippen MR) is 140 cm³/mol. The molecule has 0 spiro atoms.